The molecule has 1 aliphatic heterocycles. The molecule has 0 amide bonds. The summed E-state index contributed by atoms with van der Waals surface area (Å²) in [5.74, 6) is 0.880. The number of aliphatic imine (C=N–C) groups is 1. The van der Waals surface area contributed by atoms with Crippen molar-refractivity contribution < 1.29 is 9.47 Å². The van der Waals surface area contributed by atoms with Crippen LogP contribution in [0, 0.1) is 10.8 Å². The molecule has 124 valence electrons. The van der Waals surface area contributed by atoms with Crippen LogP contribution in [0.4, 0.5) is 0 Å². The van der Waals surface area contributed by atoms with Crippen LogP contribution < -0.4 is 10.6 Å². The van der Waals surface area contributed by atoms with Gasteiger partial charge in [-0.25, -0.2) is 0 Å². The zero-order valence-electron chi connectivity index (χ0n) is 13.9. The van der Waals surface area contributed by atoms with E-state index >= 15 is 0 Å². The van der Waals surface area contributed by atoms with Gasteiger partial charge in [0.25, 0.3) is 0 Å². The van der Waals surface area contributed by atoms with Crippen molar-refractivity contribution >= 4 is 29.9 Å². The second kappa shape index (κ2) is 7.46. The summed E-state index contributed by atoms with van der Waals surface area (Å²) in [6.45, 7) is 9.33. The second-order valence-corrected chi connectivity index (χ2v) is 7.02. The maximum atomic E-state index is 5.49. The van der Waals surface area contributed by atoms with Crippen LogP contribution in [-0.4, -0.2) is 52.0 Å². The van der Waals surface area contributed by atoms with Crippen molar-refractivity contribution in [2.24, 2.45) is 15.8 Å². The first-order valence-electron chi connectivity index (χ1n) is 7.49. The van der Waals surface area contributed by atoms with Crippen LogP contribution >= 0.6 is 24.0 Å². The molecular weight excluding hydrogens is 381 g/mol. The first-order valence-corrected chi connectivity index (χ1v) is 7.49. The van der Waals surface area contributed by atoms with Gasteiger partial charge in [-0.15, -0.1) is 24.0 Å². The lowest BCUT2D eigenvalue weighted by Crippen LogP contribution is -2.63. The van der Waals surface area contributed by atoms with E-state index in [0.717, 1.165) is 38.6 Å². The van der Waals surface area contributed by atoms with E-state index in [4.69, 9.17) is 9.47 Å². The predicted molar refractivity (Wildman–Crippen MR) is 96.4 cm³/mol. The number of hydrogen-bond donors (Lipinski definition) is 2. The largest absolute Gasteiger partial charge is 0.381 e. The second-order valence-electron chi connectivity index (χ2n) is 7.02. The number of guanidine groups is 1. The first kappa shape index (κ1) is 19.0. The number of nitrogens with zero attached hydrogens (tertiary/aromatic N) is 1. The topological polar surface area (TPSA) is 54.9 Å². The molecule has 1 saturated heterocycles. The van der Waals surface area contributed by atoms with Crippen molar-refractivity contribution in [3.8, 4) is 0 Å². The van der Waals surface area contributed by atoms with Crippen LogP contribution in [0.15, 0.2) is 4.99 Å². The van der Waals surface area contributed by atoms with E-state index < -0.39 is 0 Å². The van der Waals surface area contributed by atoms with Gasteiger partial charge in [0.2, 0.25) is 0 Å². The summed E-state index contributed by atoms with van der Waals surface area (Å²) in [5.41, 5.74) is 0.370. The molecule has 2 rings (SSSR count). The molecule has 1 saturated carbocycles. The SMILES string of the molecule is CN=C(NCC1(C)CCOC1)NC1CC(OC)C1(C)C.I. The molecule has 0 aromatic carbocycles. The van der Waals surface area contributed by atoms with E-state index in [1.54, 1.807) is 7.11 Å². The van der Waals surface area contributed by atoms with Crippen LogP contribution in [0.5, 0.6) is 0 Å². The quantitative estimate of drug-likeness (QED) is 0.422. The van der Waals surface area contributed by atoms with Gasteiger partial charge < -0.3 is 20.1 Å². The minimum Gasteiger partial charge on any atom is -0.381 e. The lowest BCUT2D eigenvalue weighted by Gasteiger charge is -2.51. The van der Waals surface area contributed by atoms with E-state index in [1.807, 2.05) is 7.05 Å². The Labute approximate surface area is 145 Å². The molecule has 2 fully saturated rings. The molecule has 3 unspecified atom stereocenters. The lowest BCUT2D eigenvalue weighted by molar-refractivity contribution is -0.0922. The monoisotopic (exact) mass is 411 g/mol. The zero-order chi connectivity index (χ0) is 14.8. The highest BCUT2D eigenvalue weighted by molar-refractivity contribution is 14.0. The third-order valence-electron chi connectivity index (χ3n) is 4.98. The first-order chi connectivity index (χ1) is 9.41. The zero-order valence-corrected chi connectivity index (χ0v) is 16.2. The summed E-state index contributed by atoms with van der Waals surface area (Å²) >= 11 is 0. The minimum absolute atomic E-state index is 0. The third kappa shape index (κ3) is 4.22. The molecule has 0 aromatic rings. The summed E-state index contributed by atoms with van der Waals surface area (Å²) in [4.78, 5) is 4.33. The molecule has 6 heteroatoms. The molecule has 3 atom stereocenters. The van der Waals surface area contributed by atoms with Crippen LogP contribution in [-0.2, 0) is 9.47 Å². The molecule has 0 aromatic heterocycles. The molecular formula is C15H30IN3O2. The lowest BCUT2D eigenvalue weighted by atomic mass is 9.64. The number of ether oxygens (including phenoxy) is 2. The smallest absolute Gasteiger partial charge is 0.191 e. The van der Waals surface area contributed by atoms with Gasteiger partial charge in [-0.1, -0.05) is 20.8 Å². The Balaban J connectivity index is 0.00000220. The molecule has 0 radical (unpaired) electrons. The standard InChI is InChI=1S/C15H29N3O2.HI/c1-14(2)11(8-12(14)19-5)18-13(16-4)17-9-15(3)6-7-20-10-15;/h11-12H,6-10H2,1-5H3,(H2,16,17,18);1H. The van der Waals surface area contributed by atoms with Gasteiger partial charge in [0.15, 0.2) is 5.96 Å². The van der Waals surface area contributed by atoms with Crippen molar-refractivity contribution in [1.82, 2.24) is 10.6 Å². The van der Waals surface area contributed by atoms with E-state index in [0.29, 0.717) is 12.1 Å². The maximum Gasteiger partial charge on any atom is 0.191 e. The molecule has 1 aliphatic carbocycles. The highest BCUT2D eigenvalue weighted by Gasteiger charge is 2.49. The Morgan fingerprint density at radius 3 is 2.57 bits per heavy atom. The van der Waals surface area contributed by atoms with Gasteiger partial charge in [0.1, 0.15) is 0 Å². The fourth-order valence-electron chi connectivity index (χ4n) is 3.04. The van der Waals surface area contributed by atoms with Crippen LogP contribution in [0.3, 0.4) is 0 Å². The summed E-state index contributed by atoms with van der Waals surface area (Å²) in [5, 5.41) is 6.96. The normalized spacial score (nSPS) is 34.8. The molecule has 0 bridgehead atoms. The molecule has 21 heavy (non-hydrogen) atoms. The third-order valence-corrected chi connectivity index (χ3v) is 4.98. The van der Waals surface area contributed by atoms with Crippen LogP contribution in [0.1, 0.15) is 33.6 Å². The van der Waals surface area contributed by atoms with Crippen molar-refractivity contribution in [3.05, 3.63) is 0 Å². The van der Waals surface area contributed by atoms with E-state index in [1.165, 1.54) is 0 Å². The van der Waals surface area contributed by atoms with Gasteiger partial charge in [-0.05, 0) is 12.8 Å². The Morgan fingerprint density at radius 2 is 2.10 bits per heavy atom. The van der Waals surface area contributed by atoms with E-state index in [2.05, 4.69) is 36.4 Å². The predicted octanol–water partition coefficient (Wildman–Crippen LogP) is 2.01. The number of methoxy groups -OCH3 is 1. The van der Waals surface area contributed by atoms with Crippen molar-refractivity contribution in [3.63, 3.8) is 0 Å². The Hall–Kier alpha value is -0.0800. The molecule has 5 nitrogen and oxygen atoms in total. The maximum absolute atomic E-state index is 5.49. The van der Waals surface area contributed by atoms with Crippen molar-refractivity contribution in [2.45, 2.75) is 45.8 Å². The summed E-state index contributed by atoms with van der Waals surface area (Å²) in [7, 11) is 3.61. The number of nitrogens with one attached hydrogen (secondary N) is 2. The minimum atomic E-state index is 0. The Morgan fingerprint density at radius 1 is 1.38 bits per heavy atom. The van der Waals surface area contributed by atoms with Crippen LogP contribution in [0.2, 0.25) is 0 Å². The average molecular weight is 411 g/mol. The van der Waals surface area contributed by atoms with Gasteiger partial charge in [-0.2, -0.15) is 0 Å². The number of hydrogen-bond acceptors (Lipinski definition) is 3. The summed E-state index contributed by atoms with van der Waals surface area (Å²) in [6, 6.07) is 0.409. The number of rotatable bonds is 4. The van der Waals surface area contributed by atoms with Gasteiger partial charge >= 0.3 is 0 Å². The van der Waals surface area contributed by atoms with E-state index in [-0.39, 0.29) is 34.8 Å². The average Bonchev–Trinajstić information content (AvgIpc) is 2.84. The van der Waals surface area contributed by atoms with Gasteiger partial charge in [-0.3, -0.25) is 4.99 Å². The molecule has 2 aliphatic rings. The number of halogens is 1. The Bertz CT molecular complexity index is 368. The fourth-order valence-corrected chi connectivity index (χ4v) is 3.04. The molecule has 1 heterocycles. The highest BCUT2D eigenvalue weighted by atomic mass is 127. The fraction of sp³-hybridized carbons (Fsp3) is 0.933. The van der Waals surface area contributed by atoms with E-state index in [9.17, 15) is 0 Å². The molecule has 2 N–H and O–H groups in total. The highest BCUT2D eigenvalue weighted by Crippen LogP contribution is 2.42. The van der Waals surface area contributed by atoms with Gasteiger partial charge in [0, 0.05) is 44.2 Å². The Kier molecular flexibility index (Phi) is 6.74. The summed E-state index contributed by atoms with van der Waals surface area (Å²) < 4.78 is 11.0. The summed E-state index contributed by atoms with van der Waals surface area (Å²) in [6.07, 6.45) is 2.47. The van der Waals surface area contributed by atoms with Crippen molar-refractivity contribution in [1.29, 1.82) is 0 Å². The molecule has 0 spiro atoms. The van der Waals surface area contributed by atoms with Crippen molar-refractivity contribution in [2.75, 3.05) is 33.9 Å². The van der Waals surface area contributed by atoms with Crippen LogP contribution in [0.25, 0.3) is 0 Å². The van der Waals surface area contributed by atoms with Gasteiger partial charge in [0.05, 0.1) is 12.7 Å².